The Balaban J connectivity index is 1.78. The van der Waals surface area contributed by atoms with Crippen molar-refractivity contribution in [2.24, 2.45) is 11.3 Å². The first-order valence-corrected chi connectivity index (χ1v) is 9.53. The summed E-state index contributed by atoms with van der Waals surface area (Å²) in [4.78, 5) is 18.7. The Bertz CT molecular complexity index is 941. The fraction of sp³-hybridized carbons (Fsp3) is 0.467. The molecule has 3 heterocycles. The van der Waals surface area contributed by atoms with Gasteiger partial charge < -0.3 is 10.1 Å². The van der Waals surface area contributed by atoms with Crippen molar-refractivity contribution in [3.05, 3.63) is 23.5 Å². The van der Waals surface area contributed by atoms with Gasteiger partial charge >= 0.3 is 5.97 Å². The summed E-state index contributed by atoms with van der Waals surface area (Å²) in [6, 6.07) is 1.54. The smallest absolute Gasteiger partial charge is 0.311 e. The summed E-state index contributed by atoms with van der Waals surface area (Å²) < 4.78 is 27.5. The van der Waals surface area contributed by atoms with Gasteiger partial charge in [0.2, 0.25) is 10.0 Å². The highest BCUT2D eigenvalue weighted by Gasteiger charge is 2.57. The van der Waals surface area contributed by atoms with Gasteiger partial charge in [-0.25, -0.2) is 13.4 Å². The van der Waals surface area contributed by atoms with Crippen LogP contribution in [0.3, 0.4) is 0 Å². The van der Waals surface area contributed by atoms with Crippen LogP contribution in [0.2, 0.25) is 5.02 Å². The lowest BCUT2D eigenvalue weighted by atomic mass is 9.81. The number of aromatic amines is 1. The van der Waals surface area contributed by atoms with Crippen molar-refractivity contribution >= 4 is 38.6 Å². The first-order valence-electron chi connectivity index (χ1n) is 7.71. The second-order valence-corrected chi connectivity index (χ2v) is 8.83. The van der Waals surface area contributed by atoms with Crippen LogP contribution in [-0.2, 0) is 14.8 Å². The lowest BCUT2D eigenvalue weighted by Gasteiger charge is -2.23. The van der Waals surface area contributed by atoms with Gasteiger partial charge in [-0.15, -0.1) is 0 Å². The number of nitrogens with zero attached hydrogens (tertiary/aromatic N) is 2. The van der Waals surface area contributed by atoms with Gasteiger partial charge in [-0.1, -0.05) is 18.0 Å². The largest absolute Gasteiger partial charge is 0.481 e. The molecule has 1 saturated heterocycles. The fourth-order valence-corrected chi connectivity index (χ4v) is 6.14. The number of aliphatic carboxylic acids is 1. The SMILES string of the molecule is O=C(O)[C@@]12CCC[C@H]1CN(S(=O)(=O)c1c[nH]c3nccc(Cl)c13)C2. The van der Waals surface area contributed by atoms with E-state index < -0.39 is 21.4 Å². The van der Waals surface area contributed by atoms with E-state index in [1.54, 1.807) is 0 Å². The van der Waals surface area contributed by atoms with Gasteiger partial charge in [0.25, 0.3) is 0 Å². The molecule has 1 aliphatic carbocycles. The van der Waals surface area contributed by atoms with E-state index in [4.69, 9.17) is 11.6 Å². The standard InChI is InChI=1S/C15H16ClN3O4S/c16-10-3-5-17-13-12(10)11(6-18-13)24(22,23)19-7-9-2-1-4-15(9,8-19)14(20)21/h3,5-6,9H,1-2,4,7-8H2,(H,17,18)(H,20,21)/t9-,15+/m0/s1. The average Bonchev–Trinajstić information content (AvgIpc) is 3.19. The molecular formula is C15H16ClN3O4S. The third-order valence-electron chi connectivity index (χ3n) is 5.37. The van der Waals surface area contributed by atoms with Crippen molar-refractivity contribution in [2.75, 3.05) is 13.1 Å². The van der Waals surface area contributed by atoms with Gasteiger partial charge in [0, 0.05) is 25.5 Å². The molecule has 4 rings (SSSR count). The zero-order chi connectivity index (χ0) is 17.1. The molecule has 128 valence electrons. The molecule has 9 heteroatoms. The number of carboxylic acid groups (broad SMARTS) is 1. The Morgan fingerprint density at radius 2 is 2.29 bits per heavy atom. The van der Waals surface area contributed by atoms with Gasteiger partial charge in [0.1, 0.15) is 10.5 Å². The number of nitrogens with one attached hydrogen (secondary N) is 1. The minimum absolute atomic E-state index is 0.0138. The van der Waals surface area contributed by atoms with Crippen LogP contribution < -0.4 is 0 Å². The van der Waals surface area contributed by atoms with E-state index >= 15 is 0 Å². The minimum atomic E-state index is -3.84. The molecule has 2 fully saturated rings. The summed E-state index contributed by atoms with van der Waals surface area (Å²) in [6.45, 7) is 0.249. The Morgan fingerprint density at radius 1 is 1.50 bits per heavy atom. The predicted octanol–water partition coefficient (Wildman–Crippen LogP) is 2.09. The van der Waals surface area contributed by atoms with Crippen molar-refractivity contribution in [1.82, 2.24) is 14.3 Å². The number of hydrogen-bond donors (Lipinski definition) is 2. The van der Waals surface area contributed by atoms with Gasteiger partial charge in [-0.05, 0) is 24.8 Å². The Labute approximate surface area is 143 Å². The van der Waals surface area contributed by atoms with Crippen LogP contribution in [0.1, 0.15) is 19.3 Å². The van der Waals surface area contributed by atoms with E-state index in [1.807, 2.05) is 0 Å². The number of hydrogen-bond acceptors (Lipinski definition) is 4. The van der Waals surface area contributed by atoms with Crippen LogP contribution in [0.25, 0.3) is 11.0 Å². The summed E-state index contributed by atoms with van der Waals surface area (Å²) in [7, 11) is -3.84. The van der Waals surface area contributed by atoms with Gasteiger partial charge in [-0.3, -0.25) is 4.79 Å². The molecule has 2 atom stereocenters. The predicted molar refractivity (Wildman–Crippen MR) is 87.3 cm³/mol. The number of carboxylic acids is 1. The number of aromatic nitrogens is 2. The Morgan fingerprint density at radius 3 is 3.00 bits per heavy atom. The highest BCUT2D eigenvalue weighted by Crippen LogP contribution is 2.50. The highest BCUT2D eigenvalue weighted by molar-refractivity contribution is 7.89. The Kier molecular flexibility index (Phi) is 3.42. The third kappa shape index (κ3) is 2.03. The van der Waals surface area contributed by atoms with E-state index in [0.29, 0.717) is 22.5 Å². The lowest BCUT2D eigenvalue weighted by Crippen LogP contribution is -2.37. The van der Waals surface area contributed by atoms with E-state index in [9.17, 15) is 18.3 Å². The molecule has 7 nitrogen and oxygen atoms in total. The molecule has 0 unspecified atom stereocenters. The molecule has 1 aliphatic heterocycles. The number of carbonyl (C=O) groups is 1. The number of halogens is 1. The van der Waals surface area contributed by atoms with Crippen molar-refractivity contribution in [3.8, 4) is 0 Å². The Hall–Kier alpha value is -1.64. The second-order valence-electron chi connectivity index (χ2n) is 6.52. The lowest BCUT2D eigenvalue weighted by molar-refractivity contribution is -0.149. The van der Waals surface area contributed by atoms with Crippen LogP contribution in [0.4, 0.5) is 0 Å². The molecule has 0 radical (unpaired) electrons. The zero-order valence-corrected chi connectivity index (χ0v) is 14.3. The third-order valence-corrected chi connectivity index (χ3v) is 7.52. The van der Waals surface area contributed by atoms with E-state index in [0.717, 1.165) is 12.8 Å². The maximum Gasteiger partial charge on any atom is 0.311 e. The summed E-state index contributed by atoms with van der Waals surface area (Å²) >= 11 is 6.15. The first kappa shape index (κ1) is 15.9. The average molecular weight is 370 g/mol. The van der Waals surface area contributed by atoms with Crippen LogP contribution in [0.5, 0.6) is 0 Å². The van der Waals surface area contributed by atoms with Gasteiger partial charge in [0.05, 0.1) is 15.8 Å². The first-order chi connectivity index (χ1) is 11.4. The normalized spacial score (nSPS) is 27.6. The summed E-state index contributed by atoms with van der Waals surface area (Å²) in [5.41, 5.74) is -0.560. The van der Waals surface area contributed by atoms with Crippen LogP contribution in [-0.4, -0.2) is 46.9 Å². The summed E-state index contributed by atoms with van der Waals surface area (Å²) in [5, 5.41) is 10.3. The molecule has 2 aromatic heterocycles. The molecule has 0 amide bonds. The van der Waals surface area contributed by atoms with Crippen molar-refractivity contribution < 1.29 is 18.3 Å². The molecule has 24 heavy (non-hydrogen) atoms. The summed E-state index contributed by atoms with van der Waals surface area (Å²) in [6.07, 6.45) is 4.97. The van der Waals surface area contributed by atoms with Crippen LogP contribution in [0, 0.1) is 11.3 Å². The fourth-order valence-electron chi connectivity index (χ4n) is 4.11. The van der Waals surface area contributed by atoms with Gasteiger partial charge in [-0.2, -0.15) is 4.31 Å². The zero-order valence-electron chi connectivity index (χ0n) is 12.7. The molecule has 0 spiro atoms. The van der Waals surface area contributed by atoms with Crippen LogP contribution in [0.15, 0.2) is 23.4 Å². The number of sulfonamides is 1. The number of H-pyrrole nitrogens is 1. The molecule has 2 aliphatic rings. The second kappa shape index (κ2) is 5.18. The molecule has 2 aromatic rings. The van der Waals surface area contributed by atoms with E-state index in [2.05, 4.69) is 9.97 Å². The molecule has 0 bridgehead atoms. The van der Waals surface area contributed by atoms with Gasteiger partial charge in [0.15, 0.2) is 0 Å². The van der Waals surface area contributed by atoms with Crippen LogP contribution >= 0.6 is 11.6 Å². The number of pyridine rings is 1. The maximum atomic E-state index is 13.1. The van der Waals surface area contributed by atoms with E-state index in [1.165, 1.54) is 22.8 Å². The van der Waals surface area contributed by atoms with Crippen molar-refractivity contribution in [1.29, 1.82) is 0 Å². The van der Waals surface area contributed by atoms with Crippen molar-refractivity contribution in [3.63, 3.8) is 0 Å². The van der Waals surface area contributed by atoms with Crippen molar-refractivity contribution in [2.45, 2.75) is 24.2 Å². The van der Waals surface area contributed by atoms with E-state index in [-0.39, 0.29) is 23.9 Å². The quantitative estimate of drug-likeness (QED) is 0.862. The minimum Gasteiger partial charge on any atom is -0.481 e. The molecule has 1 saturated carbocycles. The molecular weight excluding hydrogens is 354 g/mol. The number of fused-ring (bicyclic) bond motifs is 2. The molecule has 0 aromatic carbocycles. The summed E-state index contributed by atoms with van der Waals surface area (Å²) in [5.74, 6) is -1.04. The topological polar surface area (TPSA) is 103 Å². The highest BCUT2D eigenvalue weighted by atomic mass is 35.5. The molecule has 2 N–H and O–H groups in total. The number of rotatable bonds is 3. The monoisotopic (exact) mass is 369 g/mol. The maximum absolute atomic E-state index is 13.1.